The molecule has 0 aliphatic carbocycles. The highest BCUT2D eigenvalue weighted by molar-refractivity contribution is 5.76. The van der Waals surface area contributed by atoms with E-state index in [2.05, 4.69) is 30.1 Å². The minimum absolute atomic E-state index is 0.00543. The number of aryl methyl sites for hydroxylation is 3. The SMILES string of the molecule is Cc1cc(C)n(CC(=O)N2CCCC(c3ccccc3C)C2)c(=O)n1. The fourth-order valence-corrected chi connectivity index (χ4v) is 3.70. The number of hydrogen-bond donors (Lipinski definition) is 0. The number of amides is 1. The summed E-state index contributed by atoms with van der Waals surface area (Å²) in [5.74, 6) is 0.363. The lowest BCUT2D eigenvalue weighted by molar-refractivity contribution is -0.133. The van der Waals surface area contributed by atoms with Crippen LogP contribution in [0.3, 0.4) is 0 Å². The number of rotatable bonds is 3. The van der Waals surface area contributed by atoms with Crippen LogP contribution in [0.15, 0.2) is 35.1 Å². The van der Waals surface area contributed by atoms with Gasteiger partial charge in [-0.1, -0.05) is 24.3 Å². The van der Waals surface area contributed by atoms with Gasteiger partial charge in [0, 0.05) is 30.4 Å². The summed E-state index contributed by atoms with van der Waals surface area (Å²) >= 11 is 0. The molecule has 0 bridgehead atoms. The van der Waals surface area contributed by atoms with Crippen LogP contribution in [0, 0.1) is 20.8 Å². The molecule has 0 radical (unpaired) electrons. The first-order valence-electron chi connectivity index (χ1n) is 8.84. The van der Waals surface area contributed by atoms with Gasteiger partial charge < -0.3 is 4.90 Å². The Morgan fingerprint density at radius 1 is 1.24 bits per heavy atom. The van der Waals surface area contributed by atoms with Crippen molar-refractivity contribution in [3.63, 3.8) is 0 Å². The molecular formula is C20H25N3O2. The first-order valence-corrected chi connectivity index (χ1v) is 8.84. The van der Waals surface area contributed by atoms with Crippen molar-refractivity contribution in [3.8, 4) is 0 Å². The Balaban J connectivity index is 1.75. The molecule has 0 N–H and O–H groups in total. The lowest BCUT2D eigenvalue weighted by atomic mass is 9.88. The first-order chi connectivity index (χ1) is 12.0. The fraction of sp³-hybridized carbons (Fsp3) is 0.450. The van der Waals surface area contributed by atoms with Crippen LogP contribution in [-0.2, 0) is 11.3 Å². The lowest BCUT2D eigenvalue weighted by Gasteiger charge is -2.34. The van der Waals surface area contributed by atoms with Gasteiger partial charge >= 0.3 is 5.69 Å². The minimum atomic E-state index is -0.349. The standard InChI is InChI=1S/C20H25N3O2/c1-14-7-4-5-9-18(14)17-8-6-10-22(12-17)19(24)13-23-16(3)11-15(2)21-20(23)25/h4-5,7,9,11,17H,6,8,10,12-13H2,1-3H3. The Hall–Kier alpha value is -2.43. The van der Waals surface area contributed by atoms with Crippen molar-refractivity contribution in [2.45, 2.75) is 46.1 Å². The maximum Gasteiger partial charge on any atom is 0.348 e. The number of carbonyl (C=O) groups is 1. The van der Waals surface area contributed by atoms with Crippen molar-refractivity contribution in [1.29, 1.82) is 0 Å². The molecule has 1 amide bonds. The summed E-state index contributed by atoms with van der Waals surface area (Å²) in [7, 11) is 0. The highest BCUT2D eigenvalue weighted by atomic mass is 16.2. The Bertz CT molecular complexity index is 841. The molecule has 0 saturated carbocycles. The second-order valence-corrected chi connectivity index (χ2v) is 6.94. The highest BCUT2D eigenvalue weighted by Gasteiger charge is 2.26. The van der Waals surface area contributed by atoms with Gasteiger partial charge in [0.15, 0.2) is 0 Å². The largest absolute Gasteiger partial charge is 0.348 e. The van der Waals surface area contributed by atoms with E-state index in [-0.39, 0.29) is 18.1 Å². The predicted molar refractivity (Wildman–Crippen MR) is 97.7 cm³/mol. The predicted octanol–water partition coefficient (Wildman–Crippen LogP) is 2.57. The molecule has 1 aromatic carbocycles. The topological polar surface area (TPSA) is 55.2 Å². The monoisotopic (exact) mass is 339 g/mol. The van der Waals surface area contributed by atoms with Crippen molar-refractivity contribution in [3.05, 3.63) is 63.3 Å². The van der Waals surface area contributed by atoms with E-state index in [1.54, 1.807) is 6.92 Å². The van der Waals surface area contributed by atoms with Crippen LogP contribution in [0.1, 0.15) is 41.3 Å². The molecule has 1 aromatic heterocycles. The van der Waals surface area contributed by atoms with Crippen molar-refractivity contribution in [2.75, 3.05) is 13.1 Å². The molecule has 1 aliphatic rings. The van der Waals surface area contributed by atoms with Gasteiger partial charge in [0.25, 0.3) is 0 Å². The van der Waals surface area contributed by atoms with E-state index < -0.39 is 0 Å². The number of hydrogen-bond acceptors (Lipinski definition) is 3. The van der Waals surface area contributed by atoms with Crippen LogP contribution in [-0.4, -0.2) is 33.4 Å². The summed E-state index contributed by atoms with van der Waals surface area (Å²) in [6.45, 7) is 7.30. The van der Waals surface area contributed by atoms with Gasteiger partial charge in [-0.15, -0.1) is 0 Å². The molecule has 1 unspecified atom stereocenters. The zero-order chi connectivity index (χ0) is 18.0. The third-order valence-electron chi connectivity index (χ3n) is 5.04. The lowest BCUT2D eigenvalue weighted by Crippen LogP contribution is -2.42. The van der Waals surface area contributed by atoms with Crippen LogP contribution in [0.5, 0.6) is 0 Å². The number of carbonyl (C=O) groups excluding carboxylic acids is 1. The Morgan fingerprint density at radius 2 is 2.00 bits per heavy atom. The number of benzene rings is 1. The van der Waals surface area contributed by atoms with E-state index >= 15 is 0 Å². The molecule has 0 spiro atoms. The number of nitrogens with zero attached hydrogens (tertiary/aromatic N) is 3. The number of aromatic nitrogens is 2. The third-order valence-corrected chi connectivity index (χ3v) is 5.04. The van der Waals surface area contributed by atoms with E-state index in [0.717, 1.165) is 31.6 Å². The van der Waals surface area contributed by atoms with Gasteiger partial charge in [-0.3, -0.25) is 9.36 Å². The van der Waals surface area contributed by atoms with Gasteiger partial charge in [-0.25, -0.2) is 4.79 Å². The van der Waals surface area contributed by atoms with Crippen LogP contribution < -0.4 is 5.69 Å². The summed E-state index contributed by atoms with van der Waals surface area (Å²) in [5, 5.41) is 0. The molecule has 1 fully saturated rings. The highest BCUT2D eigenvalue weighted by Crippen LogP contribution is 2.29. The summed E-state index contributed by atoms with van der Waals surface area (Å²) < 4.78 is 1.46. The Labute approximate surface area is 148 Å². The van der Waals surface area contributed by atoms with Crippen LogP contribution in [0.25, 0.3) is 0 Å². The smallest absolute Gasteiger partial charge is 0.341 e. The van der Waals surface area contributed by atoms with Crippen molar-refractivity contribution in [1.82, 2.24) is 14.5 Å². The normalized spacial score (nSPS) is 17.6. The zero-order valence-electron chi connectivity index (χ0n) is 15.2. The van der Waals surface area contributed by atoms with E-state index in [1.807, 2.05) is 24.0 Å². The van der Waals surface area contributed by atoms with Gasteiger partial charge in [-0.05, 0) is 50.8 Å². The molecule has 2 heterocycles. The van der Waals surface area contributed by atoms with Crippen molar-refractivity contribution >= 4 is 5.91 Å². The molecule has 3 rings (SSSR count). The van der Waals surface area contributed by atoms with E-state index in [4.69, 9.17) is 0 Å². The summed E-state index contributed by atoms with van der Waals surface area (Å²) in [6.07, 6.45) is 2.09. The van der Waals surface area contributed by atoms with Gasteiger partial charge in [0.1, 0.15) is 6.54 Å². The zero-order valence-corrected chi connectivity index (χ0v) is 15.2. The number of likely N-dealkylation sites (tertiary alicyclic amines) is 1. The fourth-order valence-electron chi connectivity index (χ4n) is 3.70. The summed E-state index contributed by atoms with van der Waals surface area (Å²) in [5.41, 5.74) is 3.71. The maximum atomic E-state index is 12.8. The molecule has 5 nitrogen and oxygen atoms in total. The second-order valence-electron chi connectivity index (χ2n) is 6.94. The first kappa shape index (κ1) is 17.4. The molecule has 2 aromatic rings. The quantitative estimate of drug-likeness (QED) is 0.864. The molecule has 5 heteroatoms. The van der Waals surface area contributed by atoms with Crippen molar-refractivity contribution < 1.29 is 4.79 Å². The van der Waals surface area contributed by atoms with E-state index in [0.29, 0.717) is 11.6 Å². The Morgan fingerprint density at radius 3 is 2.72 bits per heavy atom. The number of piperidine rings is 1. The van der Waals surface area contributed by atoms with Gasteiger partial charge in [0.05, 0.1) is 0 Å². The van der Waals surface area contributed by atoms with E-state index in [1.165, 1.54) is 15.7 Å². The minimum Gasteiger partial charge on any atom is -0.341 e. The Kier molecular flexibility index (Phi) is 5.02. The molecule has 25 heavy (non-hydrogen) atoms. The van der Waals surface area contributed by atoms with Crippen molar-refractivity contribution in [2.24, 2.45) is 0 Å². The molecular weight excluding hydrogens is 314 g/mol. The molecule has 1 saturated heterocycles. The van der Waals surface area contributed by atoms with E-state index in [9.17, 15) is 9.59 Å². The average Bonchev–Trinajstić information content (AvgIpc) is 2.58. The van der Waals surface area contributed by atoms with Crippen LogP contribution in [0.4, 0.5) is 0 Å². The maximum absolute atomic E-state index is 12.8. The van der Waals surface area contributed by atoms with Crippen LogP contribution in [0.2, 0.25) is 0 Å². The van der Waals surface area contributed by atoms with Gasteiger partial charge in [0.2, 0.25) is 5.91 Å². The molecule has 1 aliphatic heterocycles. The molecule has 132 valence electrons. The summed E-state index contributed by atoms with van der Waals surface area (Å²) in [6, 6.07) is 10.2. The summed E-state index contributed by atoms with van der Waals surface area (Å²) in [4.78, 5) is 30.7. The molecule has 1 atom stereocenters. The van der Waals surface area contributed by atoms with Crippen LogP contribution >= 0.6 is 0 Å². The average molecular weight is 339 g/mol. The van der Waals surface area contributed by atoms with Gasteiger partial charge in [-0.2, -0.15) is 4.98 Å². The third kappa shape index (κ3) is 3.81. The second kappa shape index (κ2) is 7.21.